The molecule has 0 spiro atoms. The third kappa shape index (κ3) is 3.96. The second-order valence-corrected chi connectivity index (χ2v) is 5.53. The van der Waals surface area contributed by atoms with E-state index in [2.05, 4.69) is 31.1 Å². The lowest BCUT2D eigenvalue weighted by atomic mass is 10.2. The molecule has 2 atom stereocenters. The van der Waals surface area contributed by atoms with Crippen LogP contribution >= 0.6 is 11.3 Å². The van der Waals surface area contributed by atoms with Gasteiger partial charge in [-0.25, -0.2) is 4.98 Å². The summed E-state index contributed by atoms with van der Waals surface area (Å²) in [6.45, 7) is 6.32. The molecule has 4 heteroatoms. The summed E-state index contributed by atoms with van der Waals surface area (Å²) in [6.07, 6.45) is 3.08. The zero-order valence-electron chi connectivity index (χ0n) is 11.6. The van der Waals surface area contributed by atoms with E-state index in [1.165, 1.54) is 0 Å². The normalized spacial score (nSPS) is 13.8. The van der Waals surface area contributed by atoms with Crippen LogP contribution in [0.1, 0.15) is 38.2 Å². The first-order valence-electron chi connectivity index (χ1n) is 6.61. The maximum Gasteiger partial charge on any atom is 0.121 e. The summed E-state index contributed by atoms with van der Waals surface area (Å²) in [6, 6.07) is 8.29. The largest absolute Gasteiger partial charge is 0.491 e. The zero-order valence-corrected chi connectivity index (χ0v) is 12.4. The van der Waals surface area contributed by atoms with Crippen molar-refractivity contribution in [3.8, 4) is 5.75 Å². The Bertz CT molecular complexity index is 499. The van der Waals surface area contributed by atoms with Crippen LogP contribution in [0.25, 0.3) is 0 Å². The van der Waals surface area contributed by atoms with Gasteiger partial charge < -0.3 is 10.1 Å². The molecular formula is C15H20N2OS. The number of rotatable bonds is 6. The number of hydrogen-bond acceptors (Lipinski definition) is 4. The van der Waals surface area contributed by atoms with Crippen molar-refractivity contribution in [2.75, 3.05) is 5.32 Å². The van der Waals surface area contributed by atoms with Crippen molar-refractivity contribution in [1.82, 2.24) is 4.98 Å². The van der Waals surface area contributed by atoms with E-state index in [-0.39, 0.29) is 12.1 Å². The summed E-state index contributed by atoms with van der Waals surface area (Å²) in [5, 5.41) is 6.53. The predicted octanol–water partition coefficient (Wildman–Crippen LogP) is 4.49. The lowest BCUT2D eigenvalue weighted by Crippen LogP contribution is -2.10. The molecular weight excluding hydrogens is 256 g/mol. The Labute approximate surface area is 118 Å². The van der Waals surface area contributed by atoms with Gasteiger partial charge in [0.1, 0.15) is 10.8 Å². The van der Waals surface area contributed by atoms with Gasteiger partial charge in [-0.05, 0) is 32.4 Å². The Balaban J connectivity index is 2.02. The Morgan fingerprint density at radius 3 is 2.89 bits per heavy atom. The summed E-state index contributed by atoms with van der Waals surface area (Å²) in [5.41, 5.74) is 1.06. The highest BCUT2D eigenvalue weighted by atomic mass is 32.1. The van der Waals surface area contributed by atoms with Crippen LogP contribution in [0, 0.1) is 0 Å². The molecule has 0 fully saturated rings. The number of benzene rings is 1. The van der Waals surface area contributed by atoms with Crippen molar-refractivity contribution in [3.63, 3.8) is 0 Å². The fraction of sp³-hybridized carbons (Fsp3) is 0.400. The topological polar surface area (TPSA) is 34.1 Å². The van der Waals surface area contributed by atoms with E-state index in [0.717, 1.165) is 22.9 Å². The molecule has 0 bridgehead atoms. The number of ether oxygens (including phenoxy) is 1. The molecule has 2 aromatic rings. The molecule has 0 aliphatic heterocycles. The summed E-state index contributed by atoms with van der Waals surface area (Å²) >= 11 is 1.66. The minimum absolute atomic E-state index is 0.207. The lowest BCUT2D eigenvalue weighted by molar-refractivity contribution is 0.217. The van der Waals surface area contributed by atoms with Crippen LogP contribution < -0.4 is 10.1 Å². The second-order valence-electron chi connectivity index (χ2n) is 4.60. The maximum atomic E-state index is 5.82. The monoisotopic (exact) mass is 276 g/mol. The lowest BCUT2D eigenvalue weighted by Gasteiger charge is -2.16. The summed E-state index contributed by atoms with van der Waals surface area (Å²) in [5.74, 6) is 0.908. The van der Waals surface area contributed by atoms with Gasteiger partial charge in [-0.15, -0.1) is 11.3 Å². The first-order valence-corrected chi connectivity index (χ1v) is 7.49. The zero-order chi connectivity index (χ0) is 13.7. The van der Waals surface area contributed by atoms with Gasteiger partial charge in [0.25, 0.3) is 0 Å². The average molecular weight is 276 g/mol. The van der Waals surface area contributed by atoms with E-state index >= 15 is 0 Å². The van der Waals surface area contributed by atoms with Gasteiger partial charge in [-0.2, -0.15) is 0 Å². The third-order valence-electron chi connectivity index (χ3n) is 2.95. The number of aromatic nitrogens is 1. The van der Waals surface area contributed by atoms with E-state index in [4.69, 9.17) is 4.74 Å². The van der Waals surface area contributed by atoms with Crippen molar-refractivity contribution in [2.24, 2.45) is 0 Å². The van der Waals surface area contributed by atoms with Crippen LogP contribution in [0.5, 0.6) is 5.75 Å². The number of anilines is 1. The molecule has 102 valence electrons. The highest BCUT2D eigenvalue weighted by Gasteiger charge is 2.08. The van der Waals surface area contributed by atoms with Gasteiger partial charge in [-0.3, -0.25) is 0 Å². The highest BCUT2D eigenvalue weighted by Crippen LogP contribution is 2.24. The van der Waals surface area contributed by atoms with Crippen LogP contribution in [-0.2, 0) is 0 Å². The number of thiazole rings is 1. The van der Waals surface area contributed by atoms with Crippen molar-refractivity contribution < 1.29 is 4.74 Å². The molecule has 2 unspecified atom stereocenters. The third-order valence-corrected chi connectivity index (χ3v) is 3.91. The van der Waals surface area contributed by atoms with Crippen LogP contribution in [-0.4, -0.2) is 11.1 Å². The first-order chi connectivity index (χ1) is 9.19. The Morgan fingerprint density at radius 1 is 1.37 bits per heavy atom. The van der Waals surface area contributed by atoms with Crippen LogP contribution in [0.4, 0.5) is 5.69 Å². The minimum atomic E-state index is 0.207. The number of nitrogens with zero attached hydrogens (tertiary/aromatic N) is 1. The van der Waals surface area contributed by atoms with E-state index in [9.17, 15) is 0 Å². The Kier molecular flexibility index (Phi) is 4.80. The van der Waals surface area contributed by atoms with Crippen molar-refractivity contribution in [2.45, 2.75) is 39.3 Å². The molecule has 1 aromatic heterocycles. The van der Waals surface area contributed by atoms with E-state index in [1.807, 2.05) is 35.8 Å². The maximum absolute atomic E-state index is 5.82. The summed E-state index contributed by atoms with van der Waals surface area (Å²) < 4.78 is 5.82. The van der Waals surface area contributed by atoms with Crippen molar-refractivity contribution in [1.29, 1.82) is 0 Å². The SMILES string of the molecule is CCC(C)Oc1cccc(NC(C)c2nccs2)c1. The molecule has 1 aromatic carbocycles. The van der Waals surface area contributed by atoms with Crippen molar-refractivity contribution in [3.05, 3.63) is 40.8 Å². The molecule has 2 rings (SSSR count). The van der Waals surface area contributed by atoms with Gasteiger partial charge in [0.2, 0.25) is 0 Å². The number of hydrogen-bond donors (Lipinski definition) is 1. The summed E-state index contributed by atoms with van der Waals surface area (Å²) in [4.78, 5) is 4.32. The highest BCUT2D eigenvalue weighted by molar-refractivity contribution is 7.09. The molecule has 0 aliphatic rings. The number of nitrogens with one attached hydrogen (secondary N) is 1. The Hall–Kier alpha value is -1.55. The smallest absolute Gasteiger partial charge is 0.121 e. The standard InChI is InChI=1S/C15H20N2OS/c1-4-11(2)18-14-7-5-6-13(10-14)17-12(3)15-16-8-9-19-15/h5-12,17H,4H2,1-3H3. The van der Waals surface area contributed by atoms with Gasteiger partial charge in [0.15, 0.2) is 0 Å². The van der Waals surface area contributed by atoms with Crippen LogP contribution in [0.3, 0.4) is 0 Å². The molecule has 0 saturated carbocycles. The second kappa shape index (κ2) is 6.57. The van der Waals surface area contributed by atoms with Gasteiger partial charge in [0, 0.05) is 23.3 Å². The van der Waals surface area contributed by atoms with E-state index in [1.54, 1.807) is 11.3 Å². The summed E-state index contributed by atoms with van der Waals surface area (Å²) in [7, 11) is 0. The van der Waals surface area contributed by atoms with Gasteiger partial charge in [0.05, 0.1) is 12.1 Å². The fourth-order valence-electron chi connectivity index (χ4n) is 1.73. The van der Waals surface area contributed by atoms with Crippen LogP contribution in [0.2, 0.25) is 0 Å². The average Bonchev–Trinajstić information content (AvgIpc) is 2.93. The minimum Gasteiger partial charge on any atom is -0.491 e. The molecule has 0 saturated heterocycles. The predicted molar refractivity (Wildman–Crippen MR) is 81.0 cm³/mol. The van der Waals surface area contributed by atoms with Crippen LogP contribution in [0.15, 0.2) is 35.8 Å². The Morgan fingerprint density at radius 2 is 2.21 bits per heavy atom. The molecule has 19 heavy (non-hydrogen) atoms. The van der Waals surface area contributed by atoms with Gasteiger partial charge in [-0.1, -0.05) is 13.0 Å². The quantitative estimate of drug-likeness (QED) is 0.844. The molecule has 1 heterocycles. The van der Waals surface area contributed by atoms with E-state index in [0.29, 0.717) is 0 Å². The molecule has 0 amide bonds. The molecule has 1 N–H and O–H groups in total. The first kappa shape index (κ1) is 13.9. The molecule has 3 nitrogen and oxygen atoms in total. The molecule has 0 radical (unpaired) electrons. The molecule has 0 aliphatic carbocycles. The van der Waals surface area contributed by atoms with Gasteiger partial charge >= 0.3 is 0 Å². The van der Waals surface area contributed by atoms with Crippen molar-refractivity contribution >= 4 is 17.0 Å². The van der Waals surface area contributed by atoms with E-state index < -0.39 is 0 Å². The fourth-order valence-corrected chi connectivity index (χ4v) is 2.38.